The Bertz CT molecular complexity index is 519. The van der Waals surface area contributed by atoms with Crippen molar-refractivity contribution in [2.45, 2.75) is 24.0 Å². The molecule has 1 atom stereocenters. The number of anilines is 1. The van der Waals surface area contributed by atoms with Crippen molar-refractivity contribution in [3.63, 3.8) is 0 Å². The van der Waals surface area contributed by atoms with E-state index in [1.54, 1.807) is 6.33 Å². The van der Waals surface area contributed by atoms with Gasteiger partial charge in [0.2, 0.25) is 5.91 Å². The third-order valence-corrected chi connectivity index (χ3v) is 4.79. The Balaban J connectivity index is 1.44. The van der Waals surface area contributed by atoms with Crippen molar-refractivity contribution < 1.29 is 14.3 Å². The number of ether oxygens (including phenoxy) is 2. The largest absolute Gasteiger partial charge is 0.378 e. The van der Waals surface area contributed by atoms with E-state index in [1.807, 2.05) is 6.07 Å². The molecule has 1 N–H and O–H groups in total. The molecule has 0 bridgehead atoms. The first kappa shape index (κ1) is 16.5. The molecule has 8 heteroatoms. The number of nitrogens with one attached hydrogen (secondary N) is 1. The van der Waals surface area contributed by atoms with E-state index in [0.717, 1.165) is 56.6 Å². The van der Waals surface area contributed by atoms with Gasteiger partial charge in [-0.05, 0) is 12.8 Å². The highest BCUT2D eigenvalue weighted by molar-refractivity contribution is 7.99. The summed E-state index contributed by atoms with van der Waals surface area (Å²) in [7, 11) is 0. The second-order valence-electron chi connectivity index (χ2n) is 5.54. The topological polar surface area (TPSA) is 76.6 Å². The Hall–Kier alpha value is -1.38. The van der Waals surface area contributed by atoms with Crippen LogP contribution in [-0.4, -0.2) is 67.2 Å². The van der Waals surface area contributed by atoms with Gasteiger partial charge in [-0.1, -0.05) is 11.8 Å². The first-order valence-corrected chi connectivity index (χ1v) is 8.95. The quantitative estimate of drug-likeness (QED) is 0.604. The zero-order chi connectivity index (χ0) is 15.9. The van der Waals surface area contributed by atoms with E-state index in [-0.39, 0.29) is 12.0 Å². The van der Waals surface area contributed by atoms with Gasteiger partial charge in [0.25, 0.3) is 0 Å². The standard InChI is InChI=1S/C15H22N4O3S/c20-14(16-9-12-2-1-5-22-12)10-23-15-8-13(17-11-18-15)19-3-6-21-7-4-19/h8,11-12H,1-7,9-10H2,(H,16,20). The summed E-state index contributed by atoms with van der Waals surface area (Å²) < 4.78 is 10.8. The van der Waals surface area contributed by atoms with Gasteiger partial charge in [-0.3, -0.25) is 4.79 Å². The molecule has 3 rings (SSSR count). The summed E-state index contributed by atoms with van der Waals surface area (Å²) in [5.41, 5.74) is 0. The minimum absolute atomic E-state index is 0.0111. The second-order valence-corrected chi connectivity index (χ2v) is 6.54. The lowest BCUT2D eigenvalue weighted by Crippen LogP contribution is -2.36. The highest BCUT2D eigenvalue weighted by Gasteiger charge is 2.17. The van der Waals surface area contributed by atoms with Crippen LogP contribution in [-0.2, 0) is 14.3 Å². The highest BCUT2D eigenvalue weighted by atomic mass is 32.2. The maximum Gasteiger partial charge on any atom is 0.230 e. The van der Waals surface area contributed by atoms with Crippen LogP contribution in [0.25, 0.3) is 0 Å². The van der Waals surface area contributed by atoms with Gasteiger partial charge in [0, 0.05) is 32.3 Å². The minimum Gasteiger partial charge on any atom is -0.378 e. The van der Waals surface area contributed by atoms with Gasteiger partial charge in [0.1, 0.15) is 17.2 Å². The van der Waals surface area contributed by atoms with Crippen molar-refractivity contribution in [3.05, 3.63) is 12.4 Å². The van der Waals surface area contributed by atoms with E-state index in [9.17, 15) is 4.79 Å². The fraction of sp³-hybridized carbons (Fsp3) is 0.667. The molecule has 0 spiro atoms. The number of hydrogen-bond donors (Lipinski definition) is 1. The number of amides is 1. The number of hydrogen-bond acceptors (Lipinski definition) is 7. The van der Waals surface area contributed by atoms with Crippen LogP contribution in [0.15, 0.2) is 17.4 Å². The molecule has 0 aliphatic carbocycles. The molecule has 1 aromatic heterocycles. The maximum absolute atomic E-state index is 11.9. The number of carbonyl (C=O) groups excluding carboxylic acids is 1. The van der Waals surface area contributed by atoms with Crippen molar-refractivity contribution in [3.8, 4) is 0 Å². The number of nitrogens with zero attached hydrogens (tertiary/aromatic N) is 3. The Morgan fingerprint density at radius 3 is 3.00 bits per heavy atom. The predicted octanol–water partition coefficient (Wildman–Crippen LogP) is 0.700. The second kappa shape index (κ2) is 8.47. The monoisotopic (exact) mass is 338 g/mol. The molecule has 0 radical (unpaired) electrons. The van der Waals surface area contributed by atoms with Crippen LogP contribution in [0.5, 0.6) is 0 Å². The Labute approximate surface area is 140 Å². The minimum atomic E-state index is 0.0111. The van der Waals surface area contributed by atoms with E-state index in [4.69, 9.17) is 9.47 Å². The van der Waals surface area contributed by atoms with Gasteiger partial charge < -0.3 is 19.7 Å². The summed E-state index contributed by atoms with van der Waals surface area (Å²) >= 11 is 1.43. The van der Waals surface area contributed by atoms with E-state index in [2.05, 4.69) is 20.2 Å². The summed E-state index contributed by atoms with van der Waals surface area (Å²) in [5, 5.41) is 3.73. The molecule has 7 nitrogen and oxygen atoms in total. The Morgan fingerprint density at radius 2 is 2.22 bits per heavy atom. The van der Waals surface area contributed by atoms with E-state index >= 15 is 0 Å². The predicted molar refractivity (Wildman–Crippen MR) is 87.8 cm³/mol. The van der Waals surface area contributed by atoms with Gasteiger partial charge in [-0.25, -0.2) is 9.97 Å². The Kier molecular flexibility index (Phi) is 6.06. The summed E-state index contributed by atoms with van der Waals surface area (Å²) in [6.07, 6.45) is 3.84. The molecular weight excluding hydrogens is 316 g/mol. The lowest BCUT2D eigenvalue weighted by Gasteiger charge is -2.27. The molecule has 1 aromatic rings. The molecule has 2 saturated heterocycles. The molecule has 0 aromatic carbocycles. The van der Waals surface area contributed by atoms with Crippen molar-refractivity contribution >= 4 is 23.5 Å². The summed E-state index contributed by atoms with van der Waals surface area (Å²) in [5.74, 6) is 1.26. The van der Waals surface area contributed by atoms with Crippen LogP contribution < -0.4 is 10.2 Å². The molecule has 2 fully saturated rings. The molecule has 0 saturated carbocycles. The molecule has 1 unspecified atom stereocenters. The number of carbonyl (C=O) groups is 1. The molecule has 2 aliphatic heterocycles. The number of rotatable bonds is 6. The normalized spacial score (nSPS) is 21.4. The molecule has 3 heterocycles. The lowest BCUT2D eigenvalue weighted by atomic mass is 10.2. The van der Waals surface area contributed by atoms with Crippen molar-refractivity contribution in [2.24, 2.45) is 0 Å². The number of aromatic nitrogens is 2. The smallest absolute Gasteiger partial charge is 0.230 e. The SMILES string of the molecule is O=C(CSc1cc(N2CCOCC2)ncn1)NCC1CCCO1. The first-order valence-electron chi connectivity index (χ1n) is 7.97. The molecule has 1 amide bonds. The van der Waals surface area contributed by atoms with Crippen LogP contribution in [0.4, 0.5) is 5.82 Å². The molecule has 23 heavy (non-hydrogen) atoms. The van der Waals surface area contributed by atoms with Crippen LogP contribution >= 0.6 is 11.8 Å². The Morgan fingerprint density at radius 1 is 1.35 bits per heavy atom. The maximum atomic E-state index is 11.9. The summed E-state index contributed by atoms with van der Waals surface area (Å²) in [6.45, 7) is 4.52. The van der Waals surface area contributed by atoms with Crippen molar-refractivity contribution in [1.29, 1.82) is 0 Å². The van der Waals surface area contributed by atoms with Crippen LogP contribution in [0, 0.1) is 0 Å². The first-order chi connectivity index (χ1) is 11.3. The third-order valence-electron chi connectivity index (χ3n) is 3.86. The summed E-state index contributed by atoms with van der Waals surface area (Å²) in [6, 6.07) is 1.93. The van der Waals surface area contributed by atoms with Crippen molar-refractivity contribution in [2.75, 3.05) is 50.1 Å². The van der Waals surface area contributed by atoms with Gasteiger partial charge in [-0.15, -0.1) is 0 Å². The summed E-state index contributed by atoms with van der Waals surface area (Å²) in [4.78, 5) is 22.6. The highest BCUT2D eigenvalue weighted by Crippen LogP contribution is 2.20. The fourth-order valence-electron chi connectivity index (χ4n) is 2.60. The fourth-order valence-corrected chi connectivity index (χ4v) is 3.29. The van der Waals surface area contributed by atoms with Crippen LogP contribution in [0.1, 0.15) is 12.8 Å². The van der Waals surface area contributed by atoms with E-state index < -0.39 is 0 Å². The molecule has 2 aliphatic rings. The van der Waals surface area contributed by atoms with Gasteiger partial charge in [0.05, 0.1) is 25.1 Å². The number of morpholine rings is 1. The lowest BCUT2D eigenvalue weighted by molar-refractivity contribution is -0.119. The molecular formula is C15H22N4O3S. The molecule has 126 valence electrons. The van der Waals surface area contributed by atoms with Crippen molar-refractivity contribution in [1.82, 2.24) is 15.3 Å². The average Bonchev–Trinajstić information content (AvgIpc) is 3.13. The van der Waals surface area contributed by atoms with Crippen LogP contribution in [0.2, 0.25) is 0 Å². The van der Waals surface area contributed by atoms with Crippen LogP contribution in [0.3, 0.4) is 0 Å². The average molecular weight is 338 g/mol. The van der Waals surface area contributed by atoms with Gasteiger partial charge in [-0.2, -0.15) is 0 Å². The van der Waals surface area contributed by atoms with Gasteiger partial charge >= 0.3 is 0 Å². The van der Waals surface area contributed by atoms with E-state index in [1.165, 1.54) is 11.8 Å². The zero-order valence-electron chi connectivity index (χ0n) is 13.1. The third kappa shape index (κ3) is 5.05. The van der Waals surface area contributed by atoms with E-state index in [0.29, 0.717) is 12.3 Å². The van der Waals surface area contributed by atoms with Gasteiger partial charge in [0.15, 0.2) is 0 Å². The zero-order valence-corrected chi connectivity index (χ0v) is 13.9. The number of thioether (sulfide) groups is 1.